The molecule has 82 valence electrons. The molecule has 0 saturated carbocycles. The lowest BCUT2D eigenvalue weighted by atomic mass is 10.2. The summed E-state index contributed by atoms with van der Waals surface area (Å²) in [6.45, 7) is 0.591. The van der Waals surface area contributed by atoms with Gasteiger partial charge >= 0.3 is 0 Å². The van der Waals surface area contributed by atoms with Gasteiger partial charge in [-0.3, -0.25) is 0 Å². The predicted octanol–water partition coefficient (Wildman–Crippen LogP) is 3.49. The molecule has 0 amide bonds. The normalized spacial score (nSPS) is 10.1. The summed E-state index contributed by atoms with van der Waals surface area (Å²) in [5.41, 5.74) is 0.989. The van der Waals surface area contributed by atoms with E-state index in [0.29, 0.717) is 17.5 Å². The summed E-state index contributed by atoms with van der Waals surface area (Å²) in [7, 11) is 0. The van der Waals surface area contributed by atoms with Crippen LogP contribution in [0.15, 0.2) is 42.5 Å². The van der Waals surface area contributed by atoms with Crippen LogP contribution in [0.1, 0.15) is 5.56 Å². The molecule has 0 aliphatic heterocycles. The van der Waals surface area contributed by atoms with Crippen LogP contribution < -0.4 is 5.32 Å². The smallest absolute Gasteiger partial charge is 0.131 e. The molecule has 0 aliphatic carbocycles. The number of nitrogens with zero attached hydrogens (tertiary/aromatic N) is 1. The van der Waals surface area contributed by atoms with E-state index in [1.807, 2.05) is 12.1 Å². The van der Waals surface area contributed by atoms with Gasteiger partial charge in [-0.05, 0) is 29.8 Å². The Bertz CT molecular complexity index is 471. The first-order chi connectivity index (χ1) is 7.74. The van der Waals surface area contributed by atoms with E-state index in [1.165, 1.54) is 12.1 Å². The first kappa shape index (κ1) is 10.9. The third kappa shape index (κ3) is 2.94. The molecule has 0 bridgehead atoms. The molecule has 1 N–H and O–H groups in total. The molecule has 2 nitrogen and oxygen atoms in total. The van der Waals surface area contributed by atoms with Crippen molar-refractivity contribution >= 4 is 17.4 Å². The fourth-order valence-electron chi connectivity index (χ4n) is 1.30. The fourth-order valence-corrected chi connectivity index (χ4v) is 1.47. The number of hydrogen-bond acceptors (Lipinski definition) is 2. The molecule has 0 radical (unpaired) electrons. The summed E-state index contributed by atoms with van der Waals surface area (Å²) in [5, 5.41) is 3.55. The Morgan fingerprint density at radius 2 is 1.88 bits per heavy atom. The number of hydrogen-bond donors (Lipinski definition) is 1. The predicted molar refractivity (Wildman–Crippen MR) is 63.0 cm³/mol. The van der Waals surface area contributed by atoms with Crippen molar-refractivity contribution in [1.82, 2.24) is 4.98 Å². The molecular weight excluding hydrogens is 227 g/mol. The Hall–Kier alpha value is -1.61. The Morgan fingerprint density at radius 1 is 1.12 bits per heavy atom. The van der Waals surface area contributed by atoms with Gasteiger partial charge in [0, 0.05) is 6.54 Å². The number of pyridine rings is 1. The largest absolute Gasteiger partial charge is 0.366 e. The molecule has 1 heterocycles. The highest BCUT2D eigenvalue weighted by Crippen LogP contribution is 2.11. The number of rotatable bonds is 3. The van der Waals surface area contributed by atoms with Crippen LogP contribution in [0.25, 0.3) is 0 Å². The highest BCUT2D eigenvalue weighted by Gasteiger charge is 1.96. The second kappa shape index (κ2) is 4.94. The van der Waals surface area contributed by atoms with Crippen LogP contribution in [-0.2, 0) is 6.54 Å². The number of aromatic nitrogens is 1. The standard InChI is InChI=1S/C12H10ClFN2/c13-11-2-1-3-12(16-11)15-8-9-4-6-10(14)7-5-9/h1-7H,8H2,(H,15,16). The van der Waals surface area contributed by atoms with Crippen LogP contribution >= 0.6 is 11.6 Å². The Labute approximate surface area is 98.1 Å². The van der Waals surface area contributed by atoms with Gasteiger partial charge in [-0.15, -0.1) is 0 Å². The van der Waals surface area contributed by atoms with Crippen molar-refractivity contribution in [3.63, 3.8) is 0 Å². The van der Waals surface area contributed by atoms with Gasteiger partial charge in [0.2, 0.25) is 0 Å². The Morgan fingerprint density at radius 3 is 2.56 bits per heavy atom. The topological polar surface area (TPSA) is 24.9 Å². The highest BCUT2D eigenvalue weighted by atomic mass is 35.5. The first-order valence-corrected chi connectivity index (χ1v) is 5.23. The van der Waals surface area contributed by atoms with Crippen molar-refractivity contribution in [2.75, 3.05) is 5.32 Å². The molecule has 0 atom stereocenters. The average Bonchev–Trinajstić information content (AvgIpc) is 2.28. The molecule has 16 heavy (non-hydrogen) atoms. The Kier molecular flexibility index (Phi) is 3.37. The van der Waals surface area contributed by atoms with E-state index in [2.05, 4.69) is 10.3 Å². The first-order valence-electron chi connectivity index (χ1n) is 4.85. The zero-order valence-corrected chi connectivity index (χ0v) is 9.21. The van der Waals surface area contributed by atoms with Crippen LogP contribution in [0, 0.1) is 5.82 Å². The number of halogens is 2. The lowest BCUT2D eigenvalue weighted by Gasteiger charge is -2.05. The minimum atomic E-state index is -0.232. The van der Waals surface area contributed by atoms with Crippen LogP contribution in [0.4, 0.5) is 10.2 Å². The van der Waals surface area contributed by atoms with Crippen molar-refractivity contribution in [2.45, 2.75) is 6.54 Å². The maximum Gasteiger partial charge on any atom is 0.131 e. The molecule has 0 fully saturated rings. The van der Waals surface area contributed by atoms with Gasteiger partial charge in [0.05, 0.1) is 0 Å². The minimum absolute atomic E-state index is 0.232. The van der Waals surface area contributed by atoms with Crippen LogP contribution in [0.3, 0.4) is 0 Å². The van der Waals surface area contributed by atoms with Crippen molar-refractivity contribution in [2.24, 2.45) is 0 Å². The van der Waals surface area contributed by atoms with E-state index in [4.69, 9.17) is 11.6 Å². The lowest BCUT2D eigenvalue weighted by molar-refractivity contribution is 0.627. The van der Waals surface area contributed by atoms with Crippen molar-refractivity contribution in [3.05, 3.63) is 59.0 Å². The van der Waals surface area contributed by atoms with Gasteiger partial charge in [-0.25, -0.2) is 9.37 Å². The summed E-state index contributed by atoms with van der Waals surface area (Å²) in [4.78, 5) is 4.09. The summed E-state index contributed by atoms with van der Waals surface area (Å²) < 4.78 is 12.7. The summed E-state index contributed by atoms with van der Waals surface area (Å²) >= 11 is 5.75. The van der Waals surface area contributed by atoms with Gasteiger partial charge in [-0.2, -0.15) is 0 Å². The molecule has 4 heteroatoms. The molecule has 1 aromatic carbocycles. The molecule has 0 saturated heterocycles. The van der Waals surface area contributed by atoms with Crippen LogP contribution in [0.2, 0.25) is 5.15 Å². The monoisotopic (exact) mass is 236 g/mol. The Balaban J connectivity index is 1.99. The van der Waals surface area contributed by atoms with E-state index >= 15 is 0 Å². The van der Waals surface area contributed by atoms with Crippen molar-refractivity contribution in [1.29, 1.82) is 0 Å². The van der Waals surface area contributed by atoms with Crippen molar-refractivity contribution in [3.8, 4) is 0 Å². The third-order valence-corrected chi connectivity index (χ3v) is 2.31. The zero-order valence-electron chi connectivity index (χ0n) is 8.45. The second-order valence-corrected chi connectivity index (χ2v) is 3.71. The summed E-state index contributed by atoms with van der Waals surface area (Å²) in [6, 6.07) is 11.7. The number of benzene rings is 1. The van der Waals surface area contributed by atoms with Crippen molar-refractivity contribution < 1.29 is 4.39 Å². The van der Waals surface area contributed by atoms with Crippen LogP contribution in [-0.4, -0.2) is 4.98 Å². The van der Waals surface area contributed by atoms with E-state index in [-0.39, 0.29) is 5.82 Å². The fraction of sp³-hybridized carbons (Fsp3) is 0.0833. The van der Waals surface area contributed by atoms with Gasteiger partial charge in [0.15, 0.2) is 0 Å². The molecule has 2 rings (SSSR count). The maximum absolute atomic E-state index is 12.7. The summed E-state index contributed by atoms with van der Waals surface area (Å²) in [6.07, 6.45) is 0. The average molecular weight is 237 g/mol. The highest BCUT2D eigenvalue weighted by molar-refractivity contribution is 6.29. The quantitative estimate of drug-likeness (QED) is 0.826. The SMILES string of the molecule is Fc1ccc(CNc2cccc(Cl)n2)cc1. The van der Waals surface area contributed by atoms with Gasteiger partial charge in [-0.1, -0.05) is 29.8 Å². The van der Waals surface area contributed by atoms with Gasteiger partial charge < -0.3 is 5.32 Å². The molecule has 0 unspecified atom stereocenters. The molecular formula is C12H10ClFN2. The van der Waals surface area contributed by atoms with Gasteiger partial charge in [0.1, 0.15) is 16.8 Å². The number of anilines is 1. The zero-order chi connectivity index (χ0) is 11.4. The van der Waals surface area contributed by atoms with Gasteiger partial charge in [0.25, 0.3) is 0 Å². The number of nitrogens with one attached hydrogen (secondary N) is 1. The van der Waals surface area contributed by atoms with E-state index < -0.39 is 0 Å². The minimum Gasteiger partial charge on any atom is -0.366 e. The molecule has 1 aromatic heterocycles. The molecule has 0 spiro atoms. The lowest BCUT2D eigenvalue weighted by Crippen LogP contribution is -2.01. The van der Waals surface area contributed by atoms with E-state index in [9.17, 15) is 4.39 Å². The third-order valence-electron chi connectivity index (χ3n) is 2.10. The summed E-state index contributed by atoms with van der Waals surface area (Å²) in [5.74, 6) is 0.474. The molecule has 2 aromatic rings. The second-order valence-electron chi connectivity index (χ2n) is 3.33. The molecule has 0 aliphatic rings. The maximum atomic E-state index is 12.7. The van der Waals surface area contributed by atoms with E-state index in [0.717, 1.165) is 5.56 Å². The van der Waals surface area contributed by atoms with Crippen LogP contribution in [0.5, 0.6) is 0 Å². The van der Waals surface area contributed by atoms with E-state index in [1.54, 1.807) is 18.2 Å².